The summed E-state index contributed by atoms with van der Waals surface area (Å²) in [7, 11) is 0. The average Bonchev–Trinajstić information content (AvgIpc) is 2.78. The van der Waals surface area contributed by atoms with Gasteiger partial charge in [-0.3, -0.25) is 4.79 Å². The fourth-order valence-electron chi connectivity index (χ4n) is 2.05. The van der Waals surface area contributed by atoms with E-state index in [4.69, 9.17) is 4.52 Å². The first kappa shape index (κ1) is 15.7. The van der Waals surface area contributed by atoms with Crippen molar-refractivity contribution in [3.05, 3.63) is 11.8 Å². The Bertz CT molecular complexity index is 361. The van der Waals surface area contributed by atoms with E-state index in [1.807, 2.05) is 0 Å². The van der Waals surface area contributed by atoms with Gasteiger partial charge in [0.1, 0.15) is 5.76 Å². The summed E-state index contributed by atoms with van der Waals surface area (Å²) in [6.07, 6.45) is 10.5. The van der Waals surface area contributed by atoms with Crippen LogP contribution in [-0.4, -0.2) is 11.1 Å². The maximum atomic E-state index is 11.6. The topological polar surface area (TPSA) is 55.1 Å². The molecule has 0 aromatic carbocycles. The molecule has 1 heterocycles. The highest BCUT2D eigenvalue weighted by molar-refractivity contribution is 5.89. The van der Waals surface area contributed by atoms with E-state index in [0.717, 1.165) is 12.8 Å². The minimum atomic E-state index is 0.0271. The largest absolute Gasteiger partial charge is 0.360 e. The van der Waals surface area contributed by atoms with Crippen LogP contribution in [0.4, 0.5) is 5.82 Å². The highest BCUT2D eigenvalue weighted by atomic mass is 16.5. The molecule has 4 heteroatoms. The highest BCUT2D eigenvalue weighted by Gasteiger charge is 2.05. The van der Waals surface area contributed by atoms with Crippen LogP contribution in [0.25, 0.3) is 0 Å². The van der Waals surface area contributed by atoms with Crippen molar-refractivity contribution in [1.82, 2.24) is 5.16 Å². The number of carbonyl (C=O) groups is 1. The molecule has 1 amide bonds. The number of aromatic nitrogens is 1. The average molecular weight is 266 g/mol. The van der Waals surface area contributed by atoms with Crippen LogP contribution < -0.4 is 5.32 Å². The van der Waals surface area contributed by atoms with E-state index in [1.54, 1.807) is 13.0 Å². The van der Waals surface area contributed by atoms with Gasteiger partial charge in [0, 0.05) is 12.5 Å². The lowest BCUT2D eigenvalue weighted by atomic mass is 10.1. The molecule has 1 N–H and O–H groups in total. The molecule has 0 saturated carbocycles. The molecule has 19 heavy (non-hydrogen) atoms. The van der Waals surface area contributed by atoms with Crippen molar-refractivity contribution in [2.24, 2.45) is 0 Å². The number of aryl methyl sites for hydroxylation is 1. The molecule has 0 fully saturated rings. The van der Waals surface area contributed by atoms with Crippen LogP contribution in [0.1, 0.15) is 70.5 Å². The summed E-state index contributed by atoms with van der Waals surface area (Å²) in [5.41, 5.74) is 0. The first-order chi connectivity index (χ1) is 9.22. The Morgan fingerprint density at radius 3 is 2.37 bits per heavy atom. The van der Waals surface area contributed by atoms with Gasteiger partial charge in [-0.15, -0.1) is 0 Å². The van der Waals surface area contributed by atoms with Crippen molar-refractivity contribution in [2.45, 2.75) is 71.6 Å². The number of nitrogens with one attached hydrogen (secondary N) is 1. The summed E-state index contributed by atoms with van der Waals surface area (Å²) in [5.74, 6) is 1.25. The third kappa shape index (κ3) is 7.65. The van der Waals surface area contributed by atoms with Crippen molar-refractivity contribution in [3.8, 4) is 0 Å². The molecule has 1 aromatic rings. The predicted molar refractivity (Wildman–Crippen MR) is 77.1 cm³/mol. The van der Waals surface area contributed by atoms with Gasteiger partial charge in [-0.25, -0.2) is 0 Å². The molecule has 0 bridgehead atoms. The van der Waals surface area contributed by atoms with Crippen LogP contribution in [0.3, 0.4) is 0 Å². The lowest BCUT2D eigenvalue weighted by Gasteiger charge is -2.02. The molecule has 0 radical (unpaired) electrons. The Kier molecular flexibility index (Phi) is 7.94. The Labute approximate surface area is 115 Å². The normalized spacial score (nSPS) is 10.6. The molecule has 0 aliphatic rings. The molecule has 0 unspecified atom stereocenters. The van der Waals surface area contributed by atoms with Gasteiger partial charge in [0.05, 0.1) is 0 Å². The van der Waals surface area contributed by atoms with E-state index in [-0.39, 0.29) is 5.91 Å². The van der Waals surface area contributed by atoms with E-state index < -0.39 is 0 Å². The zero-order chi connectivity index (χ0) is 13.9. The van der Waals surface area contributed by atoms with Gasteiger partial charge in [-0.1, -0.05) is 57.0 Å². The number of rotatable bonds is 10. The third-order valence-corrected chi connectivity index (χ3v) is 3.15. The van der Waals surface area contributed by atoms with E-state index in [0.29, 0.717) is 18.0 Å². The standard InChI is InChI=1S/C15H26N2O2/c1-3-4-5-6-7-8-9-10-11-15(18)16-14-12-13(2)19-17-14/h12H,3-11H2,1-2H3,(H,16,17,18). The van der Waals surface area contributed by atoms with Gasteiger partial charge in [-0.05, 0) is 13.3 Å². The molecule has 108 valence electrons. The molecule has 1 aromatic heterocycles. The summed E-state index contributed by atoms with van der Waals surface area (Å²) in [6, 6.07) is 1.73. The molecule has 0 saturated heterocycles. The number of unbranched alkanes of at least 4 members (excludes halogenated alkanes) is 7. The molecule has 0 spiro atoms. The van der Waals surface area contributed by atoms with Crippen molar-refractivity contribution in [2.75, 3.05) is 5.32 Å². The first-order valence-corrected chi connectivity index (χ1v) is 7.45. The Morgan fingerprint density at radius 1 is 1.16 bits per heavy atom. The van der Waals surface area contributed by atoms with Crippen molar-refractivity contribution >= 4 is 11.7 Å². The van der Waals surface area contributed by atoms with Gasteiger partial charge in [0.2, 0.25) is 5.91 Å². The molecular formula is C15H26N2O2. The Balaban J connectivity index is 1.96. The number of anilines is 1. The number of hydrogen-bond donors (Lipinski definition) is 1. The second-order valence-corrected chi connectivity index (χ2v) is 5.10. The maximum Gasteiger partial charge on any atom is 0.225 e. The summed E-state index contributed by atoms with van der Waals surface area (Å²) in [4.78, 5) is 11.6. The quantitative estimate of drug-likeness (QED) is 0.636. The Morgan fingerprint density at radius 2 is 1.79 bits per heavy atom. The maximum absolute atomic E-state index is 11.6. The minimum absolute atomic E-state index is 0.0271. The highest BCUT2D eigenvalue weighted by Crippen LogP contribution is 2.11. The van der Waals surface area contributed by atoms with Crippen molar-refractivity contribution in [1.29, 1.82) is 0 Å². The van der Waals surface area contributed by atoms with Crippen LogP contribution in [-0.2, 0) is 4.79 Å². The molecular weight excluding hydrogens is 240 g/mol. The van der Waals surface area contributed by atoms with E-state index in [9.17, 15) is 4.79 Å². The molecule has 0 atom stereocenters. The molecule has 1 rings (SSSR count). The van der Waals surface area contributed by atoms with Crippen LogP contribution in [0, 0.1) is 6.92 Å². The summed E-state index contributed by atoms with van der Waals surface area (Å²) < 4.78 is 4.89. The monoisotopic (exact) mass is 266 g/mol. The van der Waals surface area contributed by atoms with Crippen LogP contribution >= 0.6 is 0 Å². The van der Waals surface area contributed by atoms with Gasteiger partial charge in [0.25, 0.3) is 0 Å². The van der Waals surface area contributed by atoms with Gasteiger partial charge in [-0.2, -0.15) is 0 Å². The number of amides is 1. The molecule has 0 aliphatic carbocycles. The summed E-state index contributed by atoms with van der Waals surface area (Å²) >= 11 is 0. The summed E-state index contributed by atoms with van der Waals surface area (Å²) in [6.45, 7) is 4.04. The predicted octanol–water partition coefficient (Wildman–Crippen LogP) is 4.45. The Hall–Kier alpha value is -1.32. The van der Waals surface area contributed by atoms with Crippen LogP contribution in [0.2, 0.25) is 0 Å². The van der Waals surface area contributed by atoms with Crippen LogP contribution in [0.5, 0.6) is 0 Å². The SMILES string of the molecule is CCCCCCCCCCC(=O)Nc1cc(C)on1. The lowest BCUT2D eigenvalue weighted by molar-refractivity contribution is -0.116. The lowest BCUT2D eigenvalue weighted by Crippen LogP contribution is -2.11. The number of hydrogen-bond acceptors (Lipinski definition) is 3. The fraction of sp³-hybridized carbons (Fsp3) is 0.733. The van der Waals surface area contributed by atoms with Crippen molar-refractivity contribution in [3.63, 3.8) is 0 Å². The second kappa shape index (κ2) is 9.59. The zero-order valence-electron chi connectivity index (χ0n) is 12.2. The van der Waals surface area contributed by atoms with Crippen LogP contribution in [0.15, 0.2) is 10.6 Å². The fourth-order valence-corrected chi connectivity index (χ4v) is 2.05. The van der Waals surface area contributed by atoms with Gasteiger partial charge in [0.15, 0.2) is 5.82 Å². The zero-order valence-corrected chi connectivity index (χ0v) is 12.2. The first-order valence-electron chi connectivity index (χ1n) is 7.45. The number of nitrogens with zero attached hydrogens (tertiary/aromatic N) is 1. The van der Waals surface area contributed by atoms with Gasteiger partial charge >= 0.3 is 0 Å². The van der Waals surface area contributed by atoms with Crippen molar-refractivity contribution < 1.29 is 9.32 Å². The second-order valence-electron chi connectivity index (χ2n) is 5.10. The third-order valence-electron chi connectivity index (χ3n) is 3.15. The van der Waals surface area contributed by atoms with E-state index in [1.165, 1.54) is 38.5 Å². The molecule has 4 nitrogen and oxygen atoms in total. The number of carbonyl (C=O) groups excluding carboxylic acids is 1. The minimum Gasteiger partial charge on any atom is -0.360 e. The van der Waals surface area contributed by atoms with E-state index >= 15 is 0 Å². The smallest absolute Gasteiger partial charge is 0.225 e. The summed E-state index contributed by atoms with van der Waals surface area (Å²) in [5, 5.41) is 6.47. The van der Waals surface area contributed by atoms with Gasteiger partial charge < -0.3 is 9.84 Å². The molecule has 0 aliphatic heterocycles. The van der Waals surface area contributed by atoms with E-state index in [2.05, 4.69) is 17.4 Å².